The Hall–Kier alpha value is -3.02. The Balaban J connectivity index is 1.83. The summed E-state index contributed by atoms with van der Waals surface area (Å²) in [7, 11) is 8.43. The van der Waals surface area contributed by atoms with E-state index in [2.05, 4.69) is 118 Å². The zero-order valence-corrected chi connectivity index (χ0v) is 15.6. The largest absolute Gasteiger partial charge is 0.369 e. The average molecular weight is 348 g/mol. The van der Waals surface area contributed by atoms with E-state index in [0.717, 1.165) is 5.95 Å². The maximum absolute atomic E-state index is 2.40. The minimum atomic E-state index is 0.227. The molecule has 0 bridgehead atoms. The van der Waals surface area contributed by atoms with Crippen LogP contribution in [0.5, 0.6) is 0 Å². The number of hydrogen-bond acceptors (Lipinski definition) is 1. The van der Waals surface area contributed by atoms with Gasteiger partial charge in [-0.05, 0) is 24.3 Å². The molecule has 5 rings (SSSR count). The Morgan fingerprint density at radius 1 is 1.04 bits per heavy atom. The SMILES string of the molecule is CN(C)c1n2c(c3cccc[n+]13)C1C3C=CC=CN3C(=[N+](C)C)N1C=C2. The Bertz CT molecular complexity index is 1020. The van der Waals surface area contributed by atoms with Crippen molar-refractivity contribution in [2.75, 3.05) is 33.1 Å². The third-order valence-electron chi connectivity index (χ3n) is 5.34. The molecule has 0 N–H and O–H groups in total. The van der Waals surface area contributed by atoms with Crippen LogP contribution >= 0.6 is 0 Å². The van der Waals surface area contributed by atoms with Crippen LogP contribution < -0.4 is 9.30 Å². The number of hydrogen-bond donors (Lipinski definition) is 0. The van der Waals surface area contributed by atoms with Crippen molar-refractivity contribution in [2.45, 2.75) is 12.1 Å². The van der Waals surface area contributed by atoms with E-state index in [9.17, 15) is 0 Å². The second kappa shape index (κ2) is 5.24. The number of fused-ring (bicyclic) bond motifs is 7. The summed E-state index contributed by atoms with van der Waals surface area (Å²) in [5.41, 5.74) is 2.57. The second-order valence-corrected chi connectivity index (χ2v) is 7.37. The van der Waals surface area contributed by atoms with E-state index in [1.807, 2.05) is 0 Å². The quantitative estimate of drug-likeness (QED) is 0.729. The molecule has 5 heterocycles. The molecule has 0 saturated carbocycles. The monoisotopic (exact) mass is 348 g/mol. The Labute approximate surface area is 153 Å². The van der Waals surface area contributed by atoms with Crippen molar-refractivity contribution in [3.05, 3.63) is 60.7 Å². The van der Waals surface area contributed by atoms with Gasteiger partial charge in [0.1, 0.15) is 17.8 Å². The van der Waals surface area contributed by atoms with Gasteiger partial charge in [0, 0.05) is 0 Å². The number of anilines is 1. The van der Waals surface area contributed by atoms with Crippen LogP contribution in [0.4, 0.5) is 5.95 Å². The third-order valence-corrected chi connectivity index (χ3v) is 5.34. The van der Waals surface area contributed by atoms with Gasteiger partial charge in [-0.1, -0.05) is 12.1 Å². The average Bonchev–Trinajstić information content (AvgIpc) is 3.14. The van der Waals surface area contributed by atoms with Gasteiger partial charge in [0.15, 0.2) is 11.7 Å². The molecule has 2 unspecified atom stereocenters. The first-order chi connectivity index (χ1) is 12.6. The van der Waals surface area contributed by atoms with E-state index in [4.69, 9.17) is 0 Å². The number of pyridine rings is 1. The van der Waals surface area contributed by atoms with Crippen LogP contribution in [0.1, 0.15) is 11.7 Å². The number of rotatable bonds is 1. The van der Waals surface area contributed by atoms with Crippen LogP contribution in [-0.2, 0) is 0 Å². The lowest BCUT2D eigenvalue weighted by atomic mass is 10.0. The summed E-state index contributed by atoms with van der Waals surface area (Å²) in [5, 5.41) is 0. The molecule has 26 heavy (non-hydrogen) atoms. The first kappa shape index (κ1) is 15.3. The highest BCUT2D eigenvalue weighted by molar-refractivity contribution is 5.84. The topological polar surface area (TPSA) is 21.8 Å². The van der Waals surface area contributed by atoms with Crippen molar-refractivity contribution in [2.24, 2.45) is 0 Å². The van der Waals surface area contributed by atoms with E-state index in [1.54, 1.807) is 0 Å². The van der Waals surface area contributed by atoms with Crippen molar-refractivity contribution in [1.82, 2.24) is 14.4 Å². The first-order valence-corrected chi connectivity index (χ1v) is 8.95. The number of nitrogens with zero attached hydrogens (tertiary/aromatic N) is 6. The van der Waals surface area contributed by atoms with Crippen LogP contribution in [0, 0.1) is 0 Å². The molecule has 6 nitrogen and oxygen atoms in total. The van der Waals surface area contributed by atoms with Crippen molar-refractivity contribution in [3.63, 3.8) is 0 Å². The molecular weight excluding hydrogens is 324 g/mol. The minimum absolute atomic E-state index is 0.227. The first-order valence-electron chi connectivity index (χ1n) is 8.95. The van der Waals surface area contributed by atoms with Gasteiger partial charge >= 0.3 is 11.9 Å². The molecule has 0 amide bonds. The molecule has 3 aliphatic heterocycles. The molecular formula is C20H24N6+2. The molecule has 1 fully saturated rings. The fourth-order valence-corrected chi connectivity index (χ4v) is 4.49. The van der Waals surface area contributed by atoms with E-state index in [-0.39, 0.29) is 12.1 Å². The summed E-state index contributed by atoms with van der Waals surface area (Å²) >= 11 is 0. The molecule has 6 heteroatoms. The molecule has 132 valence electrons. The molecule has 1 saturated heterocycles. The smallest absolute Gasteiger partial charge is 0.270 e. The summed E-state index contributed by atoms with van der Waals surface area (Å²) in [6, 6.07) is 6.93. The summed E-state index contributed by atoms with van der Waals surface area (Å²) in [6.07, 6.45) is 15.3. The van der Waals surface area contributed by atoms with Gasteiger partial charge in [-0.3, -0.25) is 9.48 Å². The van der Waals surface area contributed by atoms with Crippen LogP contribution in [0.2, 0.25) is 0 Å². The molecule has 2 aromatic heterocycles. The van der Waals surface area contributed by atoms with Gasteiger partial charge in [-0.15, -0.1) is 0 Å². The zero-order chi connectivity index (χ0) is 18.0. The predicted molar refractivity (Wildman–Crippen MR) is 103 cm³/mol. The highest BCUT2D eigenvalue weighted by Gasteiger charge is 2.55. The Kier molecular flexibility index (Phi) is 3.07. The number of aromatic nitrogens is 2. The third kappa shape index (κ3) is 1.81. The Morgan fingerprint density at radius 3 is 2.65 bits per heavy atom. The Morgan fingerprint density at radius 2 is 1.88 bits per heavy atom. The lowest BCUT2D eigenvalue weighted by Crippen LogP contribution is -2.36. The molecule has 0 spiro atoms. The van der Waals surface area contributed by atoms with E-state index in [1.165, 1.54) is 17.2 Å². The minimum Gasteiger partial charge on any atom is -0.270 e. The van der Waals surface area contributed by atoms with Gasteiger partial charge in [0.25, 0.3) is 0 Å². The molecule has 0 aliphatic carbocycles. The van der Waals surface area contributed by atoms with Crippen molar-refractivity contribution in [1.29, 1.82) is 0 Å². The summed E-state index contributed by atoms with van der Waals surface area (Å²) < 4.78 is 6.81. The number of imidazole rings is 1. The van der Waals surface area contributed by atoms with Crippen molar-refractivity contribution >= 4 is 23.6 Å². The predicted octanol–water partition coefficient (Wildman–Crippen LogP) is 1.47. The van der Waals surface area contributed by atoms with Gasteiger partial charge < -0.3 is 0 Å². The fourth-order valence-electron chi connectivity index (χ4n) is 4.49. The molecule has 2 aromatic rings. The highest BCUT2D eigenvalue weighted by atomic mass is 15.5. The van der Waals surface area contributed by atoms with Gasteiger partial charge in [-0.25, -0.2) is 14.2 Å². The number of allylic oxidation sites excluding steroid dienone is 2. The van der Waals surface area contributed by atoms with Gasteiger partial charge in [0.05, 0.1) is 46.8 Å². The van der Waals surface area contributed by atoms with Crippen molar-refractivity contribution < 1.29 is 8.98 Å². The maximum atomic E-state index is 2.40. The molecule has 0 aromatic carbocycles. The van der Waals surface area contributed by atoms with Crippen LogP contribution in [0.25, 0.3) is 11.7 Å². The van der Waals surface area contributed by atoms with Crippen molar-refractivity contribution in [3.8, 4) is 0 Å². The maximum Gasteiger partial charge on any atom is 0.369 e. The van der Waals surface area contributed by atoms with Gasteiger partial charge in [0.2, 0.25) is 0 Å². The molecule has 2 atom stereocenters. The lowest BCUT2D eigenvalue weighted by molar-refractivity contribution is -0.497. The van der Waals surface area contributed by atoms with E-state index >= 15 is 0 Å². The van der Waals surface area contributed by atoms with Crippen LogP contribution in [-0.4, -0.2) is 59.1 Å². The fraction of sp³-hybridized carbons (Fsp3) is 0.300. The lowest BCUT2D eigenvalue weighted by Gasteiger charge is -2.21. The van der Waals surface area contributed by atoms with E-state index < -0.39 is 0 Å². The van der Waals surface area contributed by atoms with Gasteiger partial charge in [-0.2, -0.15) is 4.57 Å². The normalized spacial score (nSPS) is 22.7. The summed E-state index contributed by atoms with van der Waals surface area (Å²) in [5.74, 6) is 2.36. The second-order valence-electron chi connectivity index (χ2n) is 7.37. The highest BCUT2D eigenvalue weighted by Crippen LogP contribution is 2.42. The molecule has 0 radical (unpaired) electrons. The number of guanidine groups is 1. The zero-order valence-electron chi connectivity index (χ0n) is 15.6. The van der Waals surface area contributed by atoms with Crippen LogP contribution in [0.3, 0.4) is 0 Å². The van der Waals surface area contributed by atoms with Crippen LogP contribution in [0.15, 0.2) is 55.0 Å². The standard InChI is InChI=1S/C20H24N6/c1-21(2)19-23-11-7-5-9-15(23)17-18-16-10-6-8-12-24(16)20(22(3)4)26(18)14-13-25(17)19/h5-15,17H,1-4H3/q+2. The molecule has 3 aliphatic rings. The van der Waals surface area contributed by atoms with E-state index in [0.29, 0.717) is 0 Å². The summed E-state index contributed by atoms with van der Waals surface area (Å²) in [4.78, 5) is 6.94. The summed E-state index contributed by atoms with van der Waals surface area (Å²) in [6.45, 7) is 0.